The molecule has 0 bridgehead atoms. The van der Waals surface area contributed by atoms with Crippen molar-refractivity contribution >= 4 is 23.4 Å². The molecule has 0 aromatic heterocycles. The second-order valence-electron chi connectivity index (χ2n) is 7.15. The van der Waals surface area contributed by atoms with Crippen LogP contribution in [0.5, 0.6) is 0 Å². The summed E-state index contributed by atoms with van der Waals surface area (Å²) in [6, 6.07) is 7.00. The van der Waals surface area contributed by atoms with Gasteiger partial charge in [-0.3, -0.25) is 9.59 Å². The zero-order valence-electron chi connectivity index (χ0n) is 14.6. The van der Waals surface area contributed by atoms with Crippen molar-refractivity contribution in [2.24, 2.45) is 11.8 Å². The lowest BCUT2D eigenvalue weighted by Crippen LogP contribution is -2.37. The van der Waals surface area contributed by atoms with Crippen molar-refractivity contribution in [2.75, 3.05) is 26.2 Å². The molecule has 2 aliphatic rings. The van der Waals surface area contributed by atoms with E-state index in [2.05, 4.69) is 10.6 Å². The SMILES string of the molecule is CC(=O)NC(CC(=O)N1CC[C@@H]2CNC[C@@H]2CC1)c1ccc(Cl)cc1. The summed E-state index contributed by atoms with van der Waals surface area (Å²) in [6.45, 7) is 5.26. The number of halogens is 1. The van der Waals surface area contributed by atoms with Gasteiger partial charge in [-0.25, -0.2) is 0 Å². The number of nitrogens with one attached hydrogen (secondary N) is 2. The van der Waals surface area contributed by atoms with Crippen molar-refractivity contribution in [1.82, 2.24) is 15.5 Å². The molecule has 2 saturated heterocycles. The van der Waals surface area contributed by atoms with E-state index in [-0.39, 0.29) is 24.3 Å². The maximum Gasteiger partial charge on any atom is 0.224 e. The molecule has 136 valence electrons. The molecule has 1 unspecified atom stereocenters. The highest BCUT2D eigenvalue weighted by Gasteiger charge is 2.32. The molecular formula is C19H26ClN3O2. The molecule has 6 heteroatoms. The number of carbonyl (C=O) groups is 2. The highest BCUT2D eigenvalue weighted by molar-refractivity contribution is 6.30. The van der Waals surface area contributed by atoms with Crippen molar-refractivity contribution < 1.29 is 9.59 Å². The molecule has 0 spiro atoms. The Morgan fingerprint density at radius 3 is 2.36 bits per heavy atom. The minimum atomic E-state index is -0.313. The number of carbonyl (C=O) groups excluding carboxylic acids is 2. The first-order valence-electron chi connectivity index (χ1n) is 9.04. The standard InChI is InChI=1S/C19H26ClN3O2/c1-13(24)22-18(14-2-4-17(20)5-3-14)10-19(25)23-8-6-15-11-21-12-16(15)7-9-23/h2-5,15-16,18,21H,6-12H2,1H3,(H,22,24)/t15-,16+,18?. The third-order valence-electron chi connectivity index (χ3n) is 5.40. The van der Waals surface area contributed by atoms with Gasteiger partial charge in [0.25, 0.3) is 0 Å². The fraction of sp³-hybridized carbons (Fsp3) is 0.579. The number of hydrogen-bond donors (Lipinski definition) is 2. The number of fused-ring (bicyclic) bond motifs is 1. The van der Waals surface area contributed by atoms with Crippen molar-refractivity contribution in [1.29, 1.82) is 0 Å². The Labute approximate surface area is 154 Å². The van der Waals surface area contributed by atoms with Crippen LogP contribution in [0.3, 0.4) is 0 Å². The van der Waals surface area contributed by atoms with Gasteiger partial charge in [0, 0.05) is 25.0 Å². The summed E-state index contributed by atoms with van der Waals surface area (Å²) in [5.41, 5.74) is 0.906. The van der Waals surface area contributed by atoms with E-state index in [9.17, 15) is 9.59 Å². The fourth-order valence-electron chi connectivity index (χ4n) is 3.96. The quantitative estimate of drug-likeness (QED) is 0.863. The lowest BCUT2D eigenvalue weighted by Gasteiger charge is -2.25. The van der Waals surface area contributed by atoms with Crippen molar-refractivity contribution in [3.8, 4) is 0 Å². The first-order valence-corrected chi connectivity index (χ1v) is 9.42. The predicted octanol–water partition coefficient (Wildman–Crippen LogP) is 2.37. The molecule has 25 heavy (non-hydrogen) atoms. The van der Waals surface area contributed by atoms with Crippen LogP contribution in [0.25, 0.3) is 0 Å². The number of hydrogen-bond acceptors (Lipinski definition) is 3. The van der Waals surface area contributed by atoms with Crippen molar-refractivity contribution in [3.63, 3.8) is 0 Å². The smallest absolute Gasteiger partial charge is 0.224 e. The first kappa shape index (κ1) is 18.2. The van der Waals surface area contributed by atoms with Crippen LogP contribution in [-0.2, 0) is 9.59 Å². The predicted molar refractivity (Wildman–Crippen MR) is 98.3 cm³/mol. The normalized spacial score (nSPS) is 24.3. The highest BCUT2D eigenvalue weighted by atomic mass is 35.5. The molecule has 0 saturated carbocycles. The molecule has 2 fully saturated rings. The van der Waals surface area contributed by atoms with Gasteiger partial charge in [-0.1, -0.05) is 23.7 Å². The Morgan fingerprint density at radius 1 is 1.20 bits per heavy atom. The number of amides is 2. The van der Waals surface area contributed by atoms with Crippen LogP contribution in [0, 0.1) is 11.8 Å². The van der Waals surface area contributed by atoms with Crippen LogP contribution in [0.4, 0.5) is 0 Å². The number of rotatable bonds is 4. The molecule has 3 atom stereocenters. The number of nitrogens with zero attached hydrogens (tertiary/aromatic N) is 1. The van der Waals surface area contributed by atoms with Gasteiger partial charge in [0.1, 0.15) is 0 Å². The summed E-state index contributed by atoms with van der Waals surface area (Å²) in [4.78, 5) is 26.4. The van der Waals surface area contributed by atoms with Crippen LogP contribution in [-0.4, -0.2) is 42.9 Å². The lowest BCUT2D eigenvalue weighted by atomic mass is 9.92. The monoisotopic (exact) mass is 363 g/mol. The Balaban J connectivity index is 1.65. The Kier molecular flexibility index (Phi) is 5.97. The zero-order valence-corrected chi connectivity index (χ0v) is 15.4. The fourth-order valence-corrected chi connectivity index (χ4v) is 4.09. The largest absolute Gasteiger partial charge is 0.349 e. The second-order valence-corrected chi connectivity index (χ2v) is 7.58. The summed E-state index contributed by atoms with van der Waals surface area (Å²) < 4.78 is 0. The Morgan fingerprint density at radius 2 is 1.80 bits per heavy atom. The van der Waals surface area contributed by atoms with E-state index in [4.69, 9.17) is 11.6 Å². The van der Waals surface area contributed by atoms with Gasteiger partial charge in [0.2, 0.25) is 11.8 Å². The molecule has 0 radical (unpaired) electrons. The third kappa shape index (κ3) is 4.73. The van der Waals surface area contributed by atoms with E-state index in [0.29, 0.717) is 16.9 Å². The van der Waals surface area contributed by atoms with Gasteiger partial charge in [-0.2, -0.15) is 0 Å². The van der Waals surface area contributed by atoms with Gasteiger partial charge < -0.3 is 15.5 Å². The lowest BCUT2D eigenvalue weighted by molar-refractivity contribution is -0.132. The van der Waals surface area contributed by atoms with Crippen LogP contribution in [0.2, 0.25) is 5.02 Å². The van der Waals surface area contributed by atoms with Crippen molar-refractivity contribution in [3.05, 3.63) is 34.9 Å². The minimum Gasteiger partial charge on any atom is -0.349 e. The molecule has 2 N–H and O–H groups in total. The Hall–Kier alpha value is -1.59. The van der Waals surface area contributed by atoms with Crippen LogP contribution < -0.4 is 10.6 Å². The summed E-state index contributed by atoms with van der Waals surface area (Å²) in [6.07, 6.45) is 2.42. The van der Waals surface area contributed by atoms with Gasteiger partial charge in [-0.15, -0.1) is 0 Å². The van der Waals surface area contributed by atoms with E-state index in [1.807, 2.05) is 17.0 Å². The van der Waals surface area contributed by atoms with Gasteiger partial charge in [0.15, 0.2) is 0 Å². The second kappa shape index (κ2) is 8.19. The average molecular weight is 364 g/mol. The molecule has 2 heterocycles. The molecule has 5 nitrogen and oxygen atoms in total. The average Bonchev–Trinajstić information content (AvgIpc) is 2.93. The first-order chi connectivity index (χ1) is 12.0. The molecule has 1 aromatic carbocycles. The number of benzene rings is 1. The van der Waals surface area contributed by atoms with Gasteiger partial charge >= 0.3 is 0 Å². The van der Waals surface area contributed by atoms with E-state index >= 15 is 0 Å². The molecule has 1 aromatic rings. The minimum absolute atomic E-state index is 0.113. The zero-order chi connectivity index (χ0) is 17.8. The maximum absolute atomic E-state index is 12.8. The molecule has 2 amide bonds. The topological polar surface area (TPSA) is 61.4 Å². The number of likely N-dealkylation sites (tertiary alicyclic amines) is 1. The summed E-state index contributed by atoms with van der Waals surface area (Å²) in [7, 11) is 0. The van der Waals surface area contributed by atoms with Crippen molar-refractivity contribution in [2.45, 2.75) is 32.2 Å². The van der Waals surface area contributed by atoms with Gasteiger partial charge in [0.05, 0.1) is 12.5 Å². The summed E-state index contributed by atoms with van der Waals surface area (Å²) in [5.74, 6) is 1.37. The molecule has 2 aliphatic heterocycles. The van der Waals surface area contributed by atoms with Crippen LogP contribution in [0.1, 0.15) is 37.8 Å². The van der Waals surface area contributed by atoms with Gasteiger partial charge in [-0.05, 0) is 55.5 Å². The van der Waals surface area contributed by atoms with Crippen LogP contribution >= 0.6 is 11.6 Å². The van der Waals surface area contributed by atoms with E-state index < -0.39 is 0 Å². The van der Waals surface area contributed by atoms with Crippen LogP contribution in [0.15, 0.2) is 24.3 Å². The summed E-state index contributed by atoms with van der Waals surface area (Å²) in [5, 5.41) is 7.00. The Bertz CT molecular complexity index is 606. The van der Waals surface area contributed by atoms with E-state index in [1.54, 1.807) is 12.1 Å². The molecule has 0 aliphatic carbocycles. The van der Waals surface area contributed by atoms with E-state index in [1.165, 1.54) is 6.92 Å². The highest BCUT2D eigenvalue weighted by Crippen LogP contribution is 2.28. The molecular weight excluding hydrogens is 338 g/mol. The molecule has 3 rings (SSSR count). The third-order valence-corrected chi connectivity index (χ3v) is 5.65. The maximum atomic E-state index is 12.8. The summed E-state index contributed by atoms with van der Waals surface area (Å²) >= 11 is 5.95. The van der Waals surface area contributed by atoms with E-state index in [0.717, 1.165) is 44.6 Å².